The zero-order valence-electron chi connectivity index (χ0n) is 16.5. The van der Waals surface area contributed by atoms with Crippen LogP contribution in [0.4, 0.5) is 0 Å². The van der Waals surface area contributed by atoms with Crippen LogP contribution in [0.2, 0.25) is 6.04 Å². The average Bonchev–Trinajstić information content (AvgIpc) is 2.52. The van der Waals surface area contributed by atoms with Crippen molar-refractivity contribution in [1.29, 1.82) is 0 Å². The van der Waals surface area contributed by atoms with Crippen LogP contribution >= 0.6 is 0 Å². The van der Waals surface area contributed by atoms with Crippen LogP contribution in [0.1, 0.15) is 73.6 Å². The molecule has 0 radical (unpaired) electrons. The Bertz CT molecular complexity index is 420. The number of carbonyl (C=O) groups is 1. The van der Waals surface area contributed by atoms with Crippen LogP contribution in [-0.4, -0.2) is 34.4 Å². The summed E-state index contributed by atoms with van der Waals surface area (Å²) in [6.45, 7) is 13.8. The minimum absolute atomic E-state index is 0.300. The van der Waals surface area contributed by atoms with Crippen LogP contribution in [0.5, 0.6) is 0 Å². The van der Waals surface area contributed by atoms with E-state index >= 15 is 0 Å². The van der Waals surface area contributed by atoms with Gasteiger partial charge in [-0.05, 0) is 58.4 Å². The topological polar surface area (TPSA) is 44.8 Å². The summed E-state index contributed by atoms with van der Waals surface area (Å²) >= 11 is 0. The van der Waals surface area contributed by atoms with E-state index < -0.39 is 8.80 Å². The maximum atomic E-state index is 12.8. The molecule has 0 aromatic rings. The number of allylic oxidation sites excluding steroid dienone is 2. The maximum Gasteiger partial charge on any atom is 0.501 e. The molecule has 5 heteroatoms. The van der Waals surface area contributed by atoms with E-state index in [1.165, 1.54) is 12.0 Å². The third-order valence-electron chi connectivity index (χ3n) is 4.36. The first kappa shape index (κ1) is 21.5. The van der Waals surface area contributed by atoms with Crippen LogP contribution < -0.4 is 0 Å². The van der Waals surface area contributed by atoms with Crippen LogP contribution in [0.15, 0.2) is 11.1 Å². The van der Waals surface area contributed by atoms with Crippen LogP contribution in [0, 0.1) is 5.41 Å². The highest BCUT2D eigenvalue weighted by atomic mass is 28.4. The fraction of sp³-hybridized carbons (Fsp3) is 0.842. The molecule has 0 unspecified atom stereocenters. The van der Waals surface area contributed by atoms with Gasteiger partial charge in [-0.25, -0.2) is 0 Å². The molecule has 0 N–H and O–H groups in total. The largest absolute Gasteiger partial charge is 0.501 e. The summed E-state index contributed by atoms with van der Waals surface area (Å²) in [6, 6.07) is 0.763. The number of hydrogen-bond donors (Lipinski definition) is 0. The Balaban J connectivity index is 2.96. The molecule has 0 atom stereocenters. The number of rotatable bonds is 10. The fourth-order valence-electron chi connectivity index (χ4n) is 3.28. The van der Waals surface area contributed by atoms with E-state index in [0.29, 0.717) is 25.6 Å². The Morgan fingerprint density at radius 2 is 1.46 bits per heavy atom. The van der Waals surface area contributed by atoms with Crippen molar-refractivity contribution >= 4 is 14.6 Å². The number of Topliss-reactive ketones (excluding diaryl/α,β-unsaturated/α-hetero) is 1. The lowest BCUT2D eigenvalue weighted by Gasteiger charge is -2.30. The molecule has 0 saturated heterocycles. The molecular weight excluding hydrogens is 320 g/mol. The minimum Gasteiger partial charge on any atom is -0.374 e. The molecule has 0 amide bonds. The van der Waals surface area contributed by atoms with E-state index in [4.69, 9.17) is 13.3 Å². The first-order valence-electron chi connectivity index (χ1n) is 9.47. The van der Waals surface area contributed by atoms with Crippen molar-refractivity contribution in [2.24, 2.45) is 5.41 Å². The quantitative estimate of drug-likeness (QED) is 0.522. The van der Waals surface area contributed by atoms with Crippen LogP contribution in [-0.2, 0) is 18.1 Å². The van der Waals surface area contributed by atoms with Gasteiger partial charge in [-0.15, -0.1) is 0 Å². The smallest absolute Gasteiger partial charge is 0.374 e. The van der Waals surface area contributed by atoms with Gasteiger partial charge in [0.2, 0.25) is 0 Å². The molecule has 0 bridgehead atoms. The lowest BCUT2D eigenvalue weighted by Crippen LogP contribution is -2.46. The van der Waals surface area contributed by atoms with Gasteiger partial charge in [0, 0.05) is 31.3 Å². The van der Waals surface area contributed by atoms with Gasteiger partial charge in [-0.1, -0.05) is 26.3 Å². The van der Waals surface area contributed by atoms with E-state index in [1.807, 2.05) is 41.5 Å². The minimum atomic E-state index is -2.64. The molecular formula is C19H36O4Si. The molecule has 1 rings (SSSR count). The summed E-state index contributed by atoms with van der Waals surface area (Å²) < 4.78 is 17.9. The molecule has 140 valence electrons. The van der Waals surface area contributed by atoms with Crippen LogP contribution in [0.3, 0.4) is 0 Å². The van der Waals surface area contributed by atoms with Gasteiger partial charge in [0.05, 0.1) is 0 Å². The second-order valence-electron chi connectivity index (χ2n) is 7.35. The van der Waals surface area contributed by atoms with Crippen molar-refractivity contribution in [3.8, 4) is 0 Å². The highest BCUT2D eigenvalue weighted by Crippen LogP contribution is 2.35. The first-order valence-corrected chi connectivity index (χ1v) is 11.4. The van der Waals surface area contributed by atoms with E-state index in [1.54, 1.807) is 0 Å². The van der Waals surface area contributed by atoms with Gasteiger partial charge in [0.15, 0.2) is 5.78 Å². The Morgan fingerprint density at radius 3 is 1.92 bits per heavy atom. The second kappa shape index (κ2) is 9.85. The number of hydrogen-bond acceptors (Lipinski definition) is 4. The normalized spacial score (nSPS) is 16.6. The van der Waals surface area contributed by atoms with E-state index in [2.05, 4.69) is 0 Å². The lowest BCUT2D eigenvalue weighted by atomic mass is 9.79. The van der Waals surface area contributed by atoms with Gasteiger partial charge >= 0.3 is 8.80 Å². The van der Waals surface area contributed by atoms with Crippen molar-refractivity contribution in [1.82, 2.24) is 0 Å². The van der Waals surface area contributed by atoms with Gasteiger partial charge in [-0.2, -0.15) is 0 Å². The Labute approximate surface area is 149 Å². The maximum absolute atomic E-state index is 12.8. The number of ketones is 1. The molecule has 0 aliphatic heterocycles. The summed E-state index contributed by atoms with van der Waals surface area (Å²) in [5.74, 6) is 0.300. The third-order valence-corrected chi connectivity index (χ3v) is 7.41. The molecule has 1 aliphatic carbocycles. The summed E-state index contributed by atoms with van der Waals surface area (Å²) in [5, 5.41) is 0. The fourth-order valence-corrected chi connectivity index (χ4v) is 5.89. The Kier molecular flexibility index (Phi) is 8.85. The molecule has 4 nitrogen and oxygen atoms in total. The van der Waals surface area contributed by atoms with Gasteiger partial charge in [-0.3, -0.25) is 4.79 Å². The predicted octanol–water partition coefficient (Wildman–Crippen LogP) is 4.91. The highest BCUT2D eigenvalue weighted by Gasteiger charge is 2.40. The summed E-state index contributed by atoms with van der Waals surface area (Å²) in [6.07, 6.45) is 5.07. The number of carbonyl (C=O) groups excluding carboxylic acids is 1. The molecule has 0 aromatic carbocycles. The first-order chi connectivity index (χ1) is 11.3. The van der Waals surface area contributed by atoms with Crippen molar-refractivity contribution in [2.45, 2.75) is 79.7 Å². The average molecular weight is 357 g/mol. The van der Waals surface area contributed by atoms with Crippen molar-refractivity contribution in [3.05, 3.63) is 11.1 Å². The molecule has 0 heterocycles. The van der Waals surface area contributed by atoms with Crippen molar-refractivity contribution in [3.63, 3.8) is 0 Å². The van der Waals surface area contributed by atoms with Gasteiger partial charge < -0.3 is 13.3 Å². The summed E-state index contributed by atoms with van der Waals surface area (Å²) in [7, 11) is -2.64. The molecule has 0 fully saturated rings. The van der Waals surface area contributed by atoms with Crippen molar-refractivity contribution in [2.75, 3.05) is 19.8 Å². The predicted molar refractivity (Wildman–Crippen MR) is 100 cm³/mol. The summed E-state index contributed by atoms with van der Waals surface area (Å²) in [5.41, 5.74) is 2.05. The second-order valence-corrected chi connectivity index (χ2v) is 10.1. The summed E-state index contributed by atoms with van der Waals surface area (Å²) in [4.78, 5) is 12.8. The molecule has 24 heavy (non-hydrogen) atoms. The van der Waals surface area contributed by atoms with Crippen molar-refractivity contribution < 1.29 is 18.1 Å². The monoisotopic (exact) mass is 356 g/mol. The Morgan fingerprint density at radius 1 is 0.958 bits per heavy atom. The van der Waals surface area contributed by atoms with E-state index in [9.17, 15) is 4.79 Å². The van der Waals surface area contributed by atoms with Gasteiger partial charge in [0.1, 0.15) is 0 Å². The standard InChI is InChI=1S/C19H36O4Si/c1-7-21-24(22-8-2,23-9-3)15-14-16-12-10-11-13-17(16)18(20)19(4,5)6/h7-15H2,1-6H3. The SMILES string of the molecule is CCO[Si](CCC1=C(C(=O)C(C)(C)C)CCCC1)(OCC)OCC. The highest BCUT2D eigenvalue weighted by molar-refractivity contribution is 6.60. The van der Waals surface area contributed by atoms with Crippen LogP contribution in [0.25, 0.3) is 0 Å². The molecule has 1 aliphatic rings. The lowest BCUT2D eigenvalue weighted by molar-refractivity contribution is -0.122. The molecule has 0 spiro atoms. The van der Waals surface area contributed by atoms with E-state index in [-0.39, 0.29) is 5.41 Å². The van der Waals surface area contributed by atoms with Gasteiger partial charge in [0.25, 0.3) is 0 Å². The molecule has 0 saturated carbocycles. The molecule has 0 aromatic heterocycles. The zero-order valence-corrected chi connectivity index (χ0v) is 17.5. The zero-order chi connectivity index (χ0) is 18.2. The third kappa shape index (κ3) is 6.10. The van der Waals surface area contributed by atoms with E-state index in [0.717, 1.165) is 37.3 Å². The Hall–Kier alpha value is -0.493.